The molecule has 3 aromatic rings. The number of carbonyl (C=O) groups is 1. The number of hydrogen-bond acceptors (Lipinski definition) is 5. The molecule has 4 heterocycles. The highest BCUT2D eigenvalue weighted by Crippen LogP contribution is 2.40. The van der Waals surface area contributed by atoms with Gasteiger partial charge >= 0.3 is 6.18 Å². The fourth-order valence-corrected chi connectivity index (χ4v) is 3.85. The largest absolute Gasteiger partial charge is 0.417 e. The van der Waals surface area contributed by atoms with Crippen molar-refractivity contribution in [3.05, 3.63) is 53.1 Å². The molecule has 0 unspecified atom stereocenters. The molecule has 0 bridgehead atoms. The molecule has 0 aliphatic carbocycles. The Labute approximate surface area is 171 Å². The first-order valence-corrected chi connectivity index (χ1v) is 9.82. The Balaban J connectivity index is 1.71. The van der Waals surface area contributed by atoms with Gasteiger partial charge < -0.3 is 9.42 Å². The lowest BCUT2D eigenvalue weighted by Crippen LogP contribution is -2.39. The van der Waals surface area contributed by atoms with Crippen LogP contribution >= 0.6 is 0 Å². The van der Waals surface area contributed by atoms with Gasteiger partial charge in [0.25, 0.3) is 11.6 Å². The number of hydrogen-bond donors (Lipinski definition) is 0. The molecule has 158 valence electrons. The van der Waals surface area contributed by atoms with Crippen LogP contribution in [0.3, 0.4) is 0 Å². The van der Waals surface area contributed by atoms with E-state index in [0.29, 0.717) is 30.6 Å². The predicted molar refractivity (Wildman–Crippen MR) is 103 cm³/mol. The molecule has 6 nitrogen and oxygen atoms in total. The maximum absolute atomic E-state index is 13.8. The zero-order valence-corrected chi connectivity index (χ0v) is 16.6. The number of piperidine rings is 1. The van der Waals surface area contributed by atoms with Crippen LogP contribution in [0.4, 0.5) is 13.2 Å². The number of halogens is 3. The molecule has 3 aromatic heterocycles. The van der Waals surface area contributed by atoms with E-state index < -0.39 is 11.7 Å². The Bertz CT molecular complexity index is 1060. The average molecular weight is 418 g/mol. The summed E-state index contributed by atoms with van der Waals surface area (Å²) in [4.78, 5) is 22.6. The monoisotopic (exact) mass is 418 g/mol. The summed E-state index contributed by atoms with van der Waals surface area (Å²) in [5, 5.41) is 3.87. The lowest BCUT2D eigenvalue weighted by Gasteiger charge is -2.32. The number of pyridine rings is 2. The summed E-state index contributed by atoms with van der Waals surface area (Å²) in [5.41, 5.74) is 0.0585. The van der Waals surface area contributed by atoms with Crippen LogP contribution in [-0.2, 0) is 6.18 Å². The molecule has 1 amide bonds. The van der Waals surface area contributed by atoms with Crippen LogP contribution in [0.15, 0.2) is 35.1 Å². The van der Waals surface area contributed by atoms with Crippen LogP contribution in [-0.4, -0.2) is 39.0 Å². The fourth-order valence-electron chi connectivity index (χ4n) is 3.85. The molecule has 0 radical (unpaired) electrons. The quantitative estimate of drug-likeness (QED) is 0.612. The number of aromatic nitrogens is 3. The summed E-state index contributed by atoms with van der Waals surface area (Å²) in [6, 6.07) is 4.42. The summed E-state index contributed by atoms with van der Waals surface area (Å²) in [6.45, 7) is 4.34. The van der Waals surface area contributed by atoms with Gasteiger partial charge in [0.05, 0.1) is 22.2 Å². The lowest BCUT2D eigenvalue weighted by molar-refractivity contribution is -0.136. The minimum Gasteiger partial charge on any atom is -0.338 e. The first-order valence-electron chi connectivity index (χ1n) is 9.82. The maximum atomic E-state index is 13.8. The number of rotatable bonds is 3. The number of alkyl halides is 3. The van der Waals surface area contributed by atoms with Crippen LogP contribution in [0, 0.1) is 0 Å². The van der Waals surface area contributed by atoms with Gasteiger partial charge in [-0.05, 0) is 37.0 Å². The second kappa shape index (κ2) is 7.70. The smallest absolute Gasteiger partial charge is 0.338 e. The molecule has 9 heteroatoms. The highest BCUT2D eigenvalue weighted by molar-refractivity contribution is 5.94. The zero-order chi connectivity index (χ0) is 21.5. The van der Waals surface area contributed by atoms with Crippen LogP contribution in [0.2, 0.25) is 0 Å². The van der Waals surface area contributed by atoms with Gasteiger partial charge in [0.2, 0.25) is 0 Å². The van der Waals surface area contributed by atoms with E-state index in [1.807, 2.05) is 0 Å². The molecule has 0 saturated carbocycles. The second-order valence-corrected chi connectivity index (χ2v) is 7.83. The third-order valence-electron chi connectivity index (χ3n) is 5.39. The maximum Gasteiger partial charge on any atom is 0.417 e. The molecule has 0 spiro atoms. The van der Waals surface area contributed by atoms with E-state index in [4.69, 9.17) is 4.52 Å². The van der Waals surface area contributed by atoms with E-state index in [-0.39, 0.29) is 41.1 Å². The van der Waals surface area contributed by atoms with Crippen LogP contribution in [0.1, 0.15) is 65.8 Å². The van der Waals surface area contributed by atoms with E-state index in [0.717, 1.165) is 6.07 Å². The molecule has 1 atom stereocenters. The minimum absolute atomic E-state index is 0.104. The van der Waals surface area contributed by atoms with Gasteiger partial charge in [-0.3, -0.25) is 9.78 Å². The topological polar surface area (TPSA) is 72.1 Å². The number of carbonyl (C=O) groups excluding carboxylic acids is 1. The lowest BCUT2D eigenvalue weighted by atomic mass is 9.91. The van der Waals surface area contributed by atoms with Crippen molar-refractivity contribution in [1.29, 1.82) is 0 Å². The first kappa shape index (κ1) is 20.3. The van der Waals surface area contributed by atoms with E-state index in [1.165, 1.54) is 6.20 Å². The molecule has 1 aliphatic heterocycles. The predicted octanol–water partition coefficient (Wildman–Crippen LogP) is 4.78. The molecular weight excluding hydrogens is 397 g/mol. The molecular formula is C21H21F3N4O2. The molecule has 4 rings (SSSR count). The van der Waals surface area contributed by atoms with Crippen molar-refractivity contribution in [2.24, 2.45) is 0 Å². The Morgan fingerprint density at radius 3 is 2.80 bits per heavy atom. The molecule has 0 aromatic carbocycles. The van der Waals surface area contributed by atoms with Crippen LogP contribution < -0.4 is 0 Å². The summed E-state index contributed by atoms with van der Waals surface area (Å²) in [6.07, 6.45) is -0.235. The van der Waals surface area contributed by atoms with Gasteiger partial charge in [-0.15, -0.1) is 0 Å². The standard InChI is InChI=1S/C21H21F3N4O2/c1-12(2)16-9-15(21(22,23)24)17-18(27-30-19(17)26-16)14-6-4-8-28(11-14)20(29)13-5-3-7-25-10-13/h3,5,7,9-10,12,14H,4,6,8,11H2,1-2H3/t14-/m0/s1. The van der Waals surface area contributed by atoms with Crippen molar-refractivity contribution >= 4 is 17.0 Å². The van der Waals surface area contributed by atoms with Gasteiger partial charge in [0.1, 0.15) is 0 Å². The zero-order valence-electron chi connectivity index (χ0n) is 16.6. The Morgan fingerprint density at radius 2 is 2.13 bits per heavy atom. The van der Waals surface area contributed by atoms with Crippen molar-refractivity contribution in [2.45, 2.75) is 44.7 Å². The summed E-state index contributed by atoms with van der Waals surface area (Å²) >= 11 is 0. The minimum atomic E-state index is -4.56. The van der Waals surface area contributed by atoms with E-state index in [1.54, 1.807) is 37.1 Å². The highest BCUT2D eigenvalue weighted by atomic mass is 19.4. The molecule has 1 fully saturated rings. The molecule has 0 N–H and O–H groups in total. The van der Waals surface area contributed by atoms with Gasteiger partial charge in [0.15, 0.2) is 0 Å². The molecule has 30 heavy (non-hydrogen) atoms. The Kier molecular flexibility index (Phi) is 5.21. The van der Waals surface area contributed by atoms with Crippen molar-refractivity contribution in [2.75, 3.05) is 13.1 Å². The van der Waals surface area contributed by atoms with Crippen molar-refractivity contribution < 1.29 is 22.5 Å². The Morgan fingerprint density at radius 1 is 1.33 bits per heavy atom. The van der Waals surface area contributed by atoms with Crippen LogP contribution in [0.25, 0.3) is 11.1 Å². The Hall–Kier alpha value is -2.97. The third-order valence-corrected chi connectivity index (χ3v) is 5.39. The number of nitrogens with zero attached hydrogens (tertiary/aromatic N) is 4. The highest BCUT2D eigenvalue weighted by Gasteiger charge is 2.38. The summed E-state index contributed by atoms with van der Waals surface area (Å²) < 4.78 is 46.8. The van der Waals surface area contributed by atoms with Crippen LogP contribution in [0.5, 0.6) is 0 Å². The SMILES string of the molecule is CC(C)c1cc(C(F)(F)F)c2c([C@H]3CCCN(C(=O)c4cccnc4)C3)noc2n1. The van der Waals surface area contributed by atoms with Crippen molar-refractivity contribution in [1.82, 2.24) is 20.0 Å². The van der Waals surface area contributed by atoms with E-state index in [9.17, 15) is 18.0 Å². The van der Waals surface area contributed by atoms with Gasteiger partial charge in [-0.1, -0.05) is 19.0 Å². The van der Waals surface area contributed by atoms with Crippen molar-refractivity contribution in [3.63, 3.8) is 0 Å². The number of amides is 1. The summed E-state index contributed by atoms with van der Waals surface area (Å²) in [7, 11) is 0. The van der Waals surface area contributed by atoms with E-state index in [2.05, 4.69) is 15.1 Å². The third kappa shape index (κ3) is 3.76. The van der Waals surface area contributed by atoms with Crippen molar-refractivity contribution in [3.8, 4) is 0 Å². The molecule has 1 aliphatic rings. The number of likely N-dealkylation sites (tertiary alicyclic amines) is 1. The van der Waals surface area contributed by atoms with Gasteiger partial charge in [0, 0.05) is 37.1 Å². The second-order valence-electron chi connectivity index (χ2n) is 7.83. The van der Waals surface area contributed by atoms with E-state index >= 15 is 0 Å². The normalized spacial score (nSPS) is 17.7. The average Bonchev–Trinajstić information content (AvgIpc) is 3.16. The molecule has 1 saturated heterocycles. The number of fused-ring (bicyclic) bond motifs is 1. The van der Waals surface area contributed by atoms with Gasteiger partial charge in [-0.25, -0.2) is 4.98 Å². The van der Waals surface area contributed by atoms with Gasteiger partial charge in [-0.2, -0.15) is 13.2 Å². The fraction of sp³-hybridized carbons (Fsp3) is 0.429. The first-order chi connectivity index (χ1) is 14.3. The summed E-state index contributed by atoms with van der Waals surface area (Å²) in [5.74, 6) is -0.753.